The molecule has 1 rings (SSSR count). The standard InChI is InChI=1S/C9H12F5NO2.ClH/c1-2-17-7(16)6-5(3-4-15-6)8(10,11)9(12,13)14;/h5-6,15H,2-4H2,1H3;1H/t5-,6+;/m1./s1. The van der Waals surface area contributed by atoms with E-state index >= 15 is 0 Å². The summed E-state index contributed by atoms with van der Waals surface area (Å²) in [5.74, 6) is -8.08. The Hall–Kier alpha value is -0.630. The van der Waals surface area contributed by atoms with Crippen LogP contribution in [0.15, 0.2) is 0 Å². The monoisotopic (exact) mass is 297 g/mol. The molecule has 0 aromatic carbocycles. The topological polar surface area (TPSA) is 38.3 Å². The van der Waals surface area contributed by atoms with Gasteiger partial charge in [0.15, 0.2) is 0 Å². The second kappa shape index (κ2) is 6.01. The van der Waals surface area contributed by atoms with Gasteiger partial charge in [0.25, 0.3) is 0 Å². The van der Waals surface area contributed by atoms with Crippen LogP contribution in [0.25, 0.3) is 0 Å². The summed E-state index contributed by atoms with van der Waals surface area (Å²) >= 11 is 0. The van der Waals surface area contributed by atoms with Crippen molar-refractivity contribution >= 4 is 18.4 Å². The molecule has 1 N–H and O–H groups in total. The molecule has 1 aliphatic heterocycles. The summed E-state index contributed by atoms with van der Waals surface area (Å²) < 4.78 is 67.2. The number of carbonyl (C=O) groups excluding carboxylic acids is 1. The minimum atomic E-state index is -5.66. The molecule has 9 heteroatoms. The molecule has 0 bridgehead atoms. The van der Waals surface area contributed by atoms with Crippen LogP contribution < -0.4 is 5.32 Å². The van der Waals surface area contributed by atoms with Gasteiger partial charge in [0, 0.05) is 0 Å². The zero-order valence-electron chi connectivity index (χ0n) is 9.39. The Labute approximate surface area is 106 Å². The van der Waals surface area contributed by atoms with Gasteiger partial charge in [-0.15, -0.1) is 12.4 Å². The van der Waals surface area contributed by atoms with E-state index in [9.17, 15) is 26.7 Å². The molecule has 1 aliphatic rings. The summed E-state index contributed by atoms with van der Waals surface area (Å²) in [6.45, 7) is 1.31. The zero-order valence-corrected chi connectivity index (χ0v) is 10.2. The fourth-order valence-corrected chi connectivity index (χ4v) is 1.78. The lowest BCUT2D eigenvalue weighted by Crippen LogP contribution is -2.51. The van der Waals surface area contributed by atoms with Crippen LogP contribution in [0.3, 0.4) is 0 Å². The Morgan fingerprint density at radius 1 is 1.33 bits per heavy atom. The van der Waals surface area contributed by atoms with E-state index in [1.807, 2.05) is 0 Å². The van der Waals surface area contributed by atoms with Gasteiger partial charge in [-0.05, 0) is 19.9 Å². The minimum absolute atomic E-state index is 0. The molecule has 0 aromatic heterocycles. The summed E-state index contributed by atoms with van der Waals surface area (Å²) in [6, 6.07) is -1.61. The van der Waals surface area contributed by atoms with Gasteiger partial charge in [-0.3, -0.25) is 4.79 Å². The van der Waals surface area contributed by atoms with Gasteiger partial charge in [0.05, 0.1) is 12.5 Å². The highest BCUT2D eigenvalue weighted by Crippen LogP contribution is 2.45. The van der Waals surface area contributed by atoms with Gasteiger partial charge in [0.2, 0.25) is 0 Å². The zero-order chi connectivity index (χ0) is 13.3. The molecule has 1 saturated heterocycles. The maximum atomic E-state index is 13.1. The third kappa shape index (κ3) is 3.23. The Morgan fingerprint density at radius 2 is 1.89 bits per heavy atom. The molecule has 0 radical (unpaired) electrons. The number of carbonyl (C=O) groups is 1. The highest BCUT2D eigenvalue weighted by Gasteiger charge is 2.65. The van der Waals surface area contributed by atoms with Crippen LogP contribution in [0.2, 0.25) is 0 Å². The van der Waals surface area contributed by atoms with E-state index in [1.54, 1.807) is 0 Å². The maximum Gasteiger partial charge on any atom is 0.453 e. The Kier molecular flexibility index (Phi) is 5.80. The second-order valence-corrected chi connectivity index (χ2v) is 3.70. The average molecular weight is 298 g/mol. The average Bonchev–Trinajstić information content (AvgIpc) is 2.64. The van der Waals surface area contributed by atoms with Crippen molar-refractivity contribution in [3.8, 4) is 0 Å². The molecule has 0 amide bonds. The first kappa shape index (κ1) is 17.4. The molecule has 0 aliphatic carbocycles. The van der Waals surface area contributed by atoms with E-state index in [0.717, 1.165) is 0 Å². The molecule has 0 spiro atoms. The molecule has 0 saturated carbocycles. The van der Waals surface area contributed by atoms with Crippen LogP contribution in [0, 0.1) is 5.92 Å². The highest BCUT2D eigenvalue weighted by molar-refractivity contribution is 5.85. The van der Waals surface area contributed by atoms with E-state index < -0.39 is 36.4 Å². The van der Waals surface area contributed by atoms with Crippen LogP contribution >= 0.6 is 12.4 Å². The molecule has 108 valence electrons. The Bertz CT molecular complexity index is 297. The van der Waals surface area contributed by atoms with E-state index in [1.165, 1.54) is 6.92 Å². The van der Waals surface area contributed by atoms with Crippen molar-refractivity contribution in [2.45, 2.75) is 31.5 Å². The quantitative estimate of drug-likeness (QED) is 0.641. The maximum absolute atomic E-state index is 13.1. The van der Waals surface area contributed by atoms with Gasteiger partial charge in [-0.1, -0.05) is 0 Å². The first-order valence-corrected chi connectivity index (χ1v) is 5.06. The summed E-state index contributed by atoms with van der Waals surface area (Å²) in [6.07, 6.45) is -6.08. The first-order valence-electron chi connectivity index (χ1n) is 5.06. The summed E-state index contributed by atoms with van der Waals surface area (Å²) in [5.41, 5.74) is 0. The van der Waals surface area contributed by atoms with Crippen molar-refractivity contribution < 1.29 is 31.5 Å². The molecule has 0 unspecified atom stereocenters. The predicted octanol–water partition coefficient (Wildman–Crippen LogP) is 2.15. The molecule has 1 heterocycles. The lowest BCUT2D eigenvalue weighted by Gasteiger charge is -2.28. The van der Waals surface area contributed by atoms with Gasteiger partial charge < -0.3 is 10.1 Å². The number of hydrogen-bond donors (Lipinski definition) is 1. The number of hydrogen-bond acceptors (Lipinski definition) is 3. The number of alkyl halides is 5. The van der Waals surface area contributed by atoms with Crippen molar-refractivity contribution in [2.24, 2.45) is 5.92 Å². The van der Waals surface area contributed by atoms with E-state index in [4.69, 9.17) is 0 Å². The lowest BCUT2D eigenvalue weighted by atomic mass is 9.93. The van der Waals surface area contributed by atoms with Gasteiger partial charge in [-0.25, -0.2) is 0 Å². The van der Waals surface area contributed by atoms with E-state index in [-0.39, 0.29) is 25.6 Å². The molecular formula is C9H13ClF5NO2. The van der Waals surface area contributed by atoms with Crippen LogP contribution in [0.4, 0.5) is 22.0 Å². The number of ether oxygens (including phenoxy) is 1. The molecular weight excluding hydrogens is 285 g/mol. The van der Waals surface area contributed by atoms with Crippen LogP contribution in [0.1, 0.15) is 13.3 Å². The van der Waals surface area contributed by atoms with Crippen molar-refractivity contribution in [3.05, 3.63) is 0 Å². The number of halogens is 6. The normalized spacial score (nSPS) is 24.6. The van der Waals surface area contributed by atoms with E-state index in [2.05, 4.69) is 10.1 Å². The Morgan fingerprint density at radius 3 is 2.33 bits per heavy atom. The largest absolute Gasteiger partial charge is 0.465 e. The van der Waals surface area contributed by atoms with Crippen molar-refractivity contribution in [1.82, 2.24) is 5.32 Å². The number of nitrogens with one attached hydrogen (secondary N) is 1. The van der Waals surface area contributed by atoms with Gasteiger partial charge >= 0.3 is 18.1 Å². The smallest absolute Gasteiger partial charge is 0.453 e. The fourth-order valence-electron chi connectivity index (χ4n) is 1.78. The molecule has 3 nitrogen and oxygen atoms in total. The molecule has 2 atom stereocenters. The SMILES string of the molecule is CCOC(=O)[C@H]1NCC[C@H]1C(F)(F)C(F)(F)F.Cl. The number of rotatable bonds is 3. The lowest BCUT2D eigenvalue weighted by molar-refractivity contribution is -0.303. The molecule has 0 aromatic rings. The minimum Gasteiger partial charge on any atom is -0.465 e. The first-order chi connectivity index (χ1) is 7.71. The van der Waals surface area contributed by atoms with Crippen molar-refractivity contribution in [2.75, 3.05) is 13.2 Å². The van der Waals surface area contributed by atoms with Crippen molar-refractivity contribution in [3.63, 3.8) is 0 Å². The summed E-state index contributed by atoms with van der Waals surface area (Å²) in [5, 5.41) is 2.31. The van der Waals surface area contributed by atoms with Crippen LogP contribution in [-0.4, -0.2) is 37.3 Å². The predicted molar refractivity (Wildman–Crippen MR) is 54.8 cm³/mol. The van der Waals surface area contributed by atoms with Crippen LogP contribution in [-0.2, 0) is 9.53 Å². The summed E-state index contributed by atoms with van der Waals surface area (Å²) in [7, 11) is 0. The summed E-state index contributed by atoms with van der Waals surface area (Å²) in [4.78, 5) is 11.2. The third-order valence-electron chi connectivity index (χ3n) is 2.61. The van der Waals surface area contributed by atoms with Gasteiger partial charge in [0.1, 0.15) is 6.04 Å². The Balaban J connectivity index is 0.00000289. The third-order valence-corrected chi connectivity index (χ3v) is 2.61. The molecule has 18 heavy (non-hydrogen) atoms. The molecule has 1 fully saturated rings. The second-order valence-electron chi connectivity index (χ2n) is 3.70. The fraction of sp³-hybridized carbons (Fsp3) is 0.889. The van der Waals surface area contributed by atoms with Crippen LogP contribution in [0.5, 0.6) is 0 Å². The van der Waals surface area contributed by atoms with Crippen molar-refractivity contribution in [1.29, 1.82) is 0 Å². The number of esters is 1. The highest BCUT2D eigenvalue weighted by atomic mass is 35.5. The van der Waals surface area contributed by atoms with E-state index in [0.29, 0.717) is 0 Å². The van der Waals surface area contributed by atoms with Gasteiger partial charge in [-0.2, -0.15) is 22.0 Å².